The van der Waals surface area contributed by atoms with Gasteiger partial charge in [-0.05, 0) is 43.4 Å². The third-order valence-electron chi connectivity index (χ3n) is 4.31. The van der Waals surface area contributed by atoms with Crippen LogP contribution in [-0.4, -0.2) is 33.5 Å². The van der Waals surface area contributed by atoms with Crippen LogP contribution in [0, 0.1) is 0 Å². The van der Waals surface area contributed by atoms with Gasteiger partial charge >= 0.3 is 0 Å². The Balaban J connectivity index is 1.94. The summed E-state index contributed by atoms with van der Waals surface area (Å²) < 4.78 is 2.07. The number of hydrogen-bond donors (Lipinski definition) is 0. The van der Waals surface area contributed by atoms with Gasteiger partial charge < -0.3 is 9.47 Å². The summed E-state index contributed by atoms with van der Waals surface area (Å²) >= 11 is 6.46. The topological polar surface area (TPSA) is 34.0 Å². The maximum atomic E-state index is 6.46. The largest absolute Gasteiger partial charge is 0.305 e. The maximum Gasteiger partial charge on any atom is 0.150 e. The highest BCUT2D eigenvalue weighted by Gasteiger charge is 2.16. The van der Waals surface area contributed by atoms with E-state index in [1.165, 1.54) is 11.9 Å². The van der Waals surface area contributed by atoms with Crippen molar-refractivity contribution in [3.8, 4) is 16.8 Å². The van der Waals surface area contributed by atoms with Crippen LogP contribution in [0.5, 0.6) is 0 Å². The third-order valence-corrected chi connectivity index (χ3v) is 4.59. The highest BCUT2D eigenvalue weighted by Crippen LogP contribution is 2.35. The number of benzene rings is 2. The molecule has 0 aliphatic carbocycles. The fraction of sp³-hybridized carbons (Fsp3) is 0.143. The van der Waals surface area contributed by atoms with E-state index in [1.807, 2.05) is 18.2 Å². The van der Waals surface area contributed by atoms with Crippen LogP contribution < -0.4 is 0 Å². The van der Waals surface area contributed by atoms with Crippen molar-refractivity contribution >= 4 is 22.6 Å². The summed E-state index contributed by atoms with van der Waals surface area (Å²) in [6.07, 6.45) is 3.60. The highest BCUT2D eigenvalue weighted by atomic mass is 35.5. The van der Waals surface area contributed by atoms with Gasteiger partial charge in [-0.15, -0.1) is 0 Å². The predicted octanol–water partition coefficient (Wildman–Crippen LogP) is 4.80. The Morgan fingerprint density at radius 1 is 1.00 bits per heavy atom. The monoisotopic (exact) mass is 362 g/mol. The van der Waals surface area contributed by atoms with E-state index in [1.54, 1.807) is 0 Å². The number of para-hydroxylation sites is 1. The SMILES string of the molecule is CN(C)Cc1cccc(-c2cn(-c3ccccc3)c3ncnc(Cl)c23)c1. The fourth-order valence-corrected chi connectivity index (χ4v) is 3.46. The van der Waals surface area contributed by atoms with E-state index >= 15 is 0 Å². The lowest BCUT2D eigenvalue weighted by Gasteiger charge is -2.10. The summed E-state index contributed by atoms with van der Waals surface area (Å²) in [5.74, 6) is 0. The van der Waals surface area contributed by atoms with Gasteiger partial charge in [-0.25, -0.2) is 9.97 Å². The number of rotatable bonds is 4. The lowest BCUT2D eigenvalue weighted by atomic mass is 10.0. The van der Waals surface area contributed by atoms with Gasteiger partial charge in [-0.2, -0.15) is 0 Å². The molecule has 0 bridgehead atoms. The average Bonchev–Trinajstić information content (AvgIpc) is 3.03. The van der Waals surface area contributed by atoms with Crippen LogP contribution in [0.4, 0.5) is 0 Å². The van der Waals surface area contributed by atoms with Crippen LogP contribution in [0.15, 0.2) is 67.1 Å². The maximum absolute atomic E-state index is 6.46. The molecule has 5 heteroatoms. The predicted molar refractivity (Wildman–Crippen MR) is 107 cm³/mol. The van der Waals surface area contributed by atoms with Crippen LogP contribution in [0.2, 0.25) is 5.15 Å². The van der Waals surface area contributed by atoms with Crippen LogP contribution in [0.25, 0.3) is 27.8 Å². The Morgan fingerprint density at radius 2 is 1.81 bits per heavy atom. The quantitative estimate of drug-likeness (QED) is 0.489. The molecule has 4 rings (SSSR count). The zero-order valence-corrected chi connectivity index (χ0v) is 15.5. The van der Waals surface area contributed by atoms with E-state index in [0.29, 0.717) is 5.15 Å². The molecule has 2 aromatic heterocycles. The van der Waals surface area contributed by atoms with E-state index in [-0.39, 0.29) is 0 Å². The van der Waals surface area contributed by atoms with Gasteiger partial charge in [-0.3, -0.25) is 0 Å². The van der Waals surface area contributed by atoms with Crippen molar-refractivity contribution in [3.05, 3.63) is 77.8 Å². The molecule has 0 N–H and O–H groups in total. The lowest BCUT2D eigenvalue weighted by molar-refractivity contribution is 0.402. The second-order valence-corrected chi connectivity index (χ2v) is 6.91. The molecule has 0 atom stereocenters. The van der Waals surface area contributed by atoms with Gasteiger partial charge in [0.15, 0.2) is 0 Å². The molecule has 4 aromatic rings. The minimum atomic E-state index is 0.470. The molecule has 0 saturated heterocycles. The zero-order valence-electron chi connectivity index (χ0n) is 14.7. The number of hydrogen-bond acceptors (Lipinski definition) is 3. The molecule has 2 heterocycles. The van der Waals surface area contributed by atoms with Crippen molar-refractivity contribution in [3.63, 3.8) is 0 Å². The Hall–Kier alpha value is -2.69. The summed E-state index contributed by atoms with van der Waals surface area (Å²) in [5, 5.41) is 1.35. The average molecular weight is 363 g/mol. The molecule has 0 fully saturated rings. The first kappa shape index (κ1) is 16.8. The highest BCUT2D eigenvalue weighted by molar-refractivity contribution is 6.35. The number of fused-ring (bicyclic) bond motifs is 1. The molecule has 4 nitrogen and oxygen atoms in total. The molecule has 0 amide bonds. The van der Waals surface area contributed by atoms with Crippen molar-refractivity contribution in [1.29, 1.82) is 0 Å². The molecule has 26 heavy (non-hydrogen) atoms. The fourth-order valence-electron chi connectivity index (χ4n) is 3.23. The second kappa shape index (κ2) is 6.90. The van der Waals surface area contributed by atoms with Crippen molar-refractivity contribution in [2.45, 2.75) is 6.54 Å². The van der Waals surface area contributed by atoms with E-state index in [9.17, 15) is 0 Å². The summed E-state index contributed by atoms with van der Waals surface area (Å²) in [4.78, 5) is 10.9. The van der Waals surface area contributed by atoms with Crippen LogP contribution in [0.1, 0.15) is 5.56 Å². The van der Waals surface area contributed by atoms with Gasteiger partial charge in [0.05, 0.1) is 5.39 Å². The summed E-state index contributed by atoms with van der Waals surface area (Å²) in [6.45, 7) is 0.884. The van der Waals surface area contributed by atoms with E-state index in [0.717, 1.165) is 34.4 Å². The minimum Gasteiger partial charge on any atom is -0.305 e. The molecule has 0 unspecified atom stereocenters. The first-order valence-corrected chi connectivity index (χ1v) is 8.82. The summed E-state index contributed by atoms with van der Waals surface area (Å²) in [6, 6.07) is 18.7. The van der Waals surface area contributed by atoms with Gasteiger partial charge in [0.25, 0.3) is 0 Å². The van der Waals surface area contributed by atoms with E-state index in [2.05, 4.69) is 76.1 Å². The molecular formula is C21H19ClN4. The molecule has 0 radical (unpaired) electrons. The van der Waals surface area contributed by atoms with Crippen molar-refractivity contribution in [2.24, 2.45) is 0 Å². The van der Waals surface area contributed by atoms with Crippen LogP contribution >= 0.6 is 11.6 Å². The lowest BCUT2D eigenvalue weighted by Crippen LogP contribution is -2.10. The molecule has 0 saturated carbocycles. The van der Waals surface area contributed by atoms with Crippen molar-refractivity contribution < 1.29 is 0 Å². The van der Waals surface area contributed by atoms with Crippen molar-refractivity contribution in [1.82, 2.24) is 19.4 Å². The van der Waals surface area contributed by atoms with Gasteiger partial charge in [0, 0.05) is 24.0 Å². The van der Waals surface area contributed by atoms with Gasteiger partial charge in [0.2, 0.25) is 0 Å². The Kier molecular flexibility index (Phi) is 4.45. The number of aromatic nitrogens is 3. The van der Waals surface area contributed by atoms with Crippen LogP contribution in [0.3, 0.4) is 0 Å². The molecule has 0 aliphatic heterocycles. The van der Waals surface area contributed by atoms with E-state index < -0.39 is 0 Å². The molecule has 130 valence electrons. The first-order chi connectivity index (χ1) is 12.6. The first-order valence-electron chi connectivity index (χ1n) is 8.44. The van der Waals surface area contributed by atoms with Crippen LogP contribution in [-0.2, 0) is 6.54 Å². The third kappa shape index (κ3) is 3.09. The standard InChI is InChI=1S/C21H19ClN4/c1-25(2)12-15-7-6-8-16(11-15)18-13-26(17-9-4-3-5-10-17)21-19(18)20(22)23-14-24-21/h3-11,13-14H,12H2,1-2H3. The normalized spacial score (nSPS) is 11.4. The molecule has 0 spiro atoms. The molecule has 0 aliphatic rings. The second-order valence-electron chi connectivity index (χ2n) is 6.55. The number of halogens is 1. The minimum absolute atomic E-state index is 0.470. The van der Waals surface area contributed by atoms with Gasteiger partial charge in [-0.1, -0.05) is 48.0 Å². The Bertz CT molecular complexity index is 1050. The van der Waals surface area contributed by atoms with E-state index in [4.69, 9.17) is 11.6 Å². The van der Waals surface area contributed by atoms with Crippen molar-refractivity contribution in [2.75, 3.05) is 14.1 Å². The number of nitrogens with zero attached hydrogens (tertiary/aromatic N) is 4. The Morgan fingerprint density at radius 3 is 2.58 bits per heavy atom. The molecular weight excluding hydrogens is 344 g/mol. The summed E-state index contributed by atoms with van der Waals surface area (Å²) in [5.41, 5.74) is 5.25. The van der Waals surface area contributed by atoms with Gasteiger partial charge in [0.1, 0.15) is 17.1 Å². The summed E-state index contributed by atoms with van der Waals surface area (Å²) in [7, 11) is 4.14. The molecule has 2 aromatic carbocycles. The Labute approximate surface area is 157 Å². The zero-order chi connectivity index (χ0) is 18.1. The smallest absolute Gasteiger partial charge is 0.150 e.